The summed E-state index contributed by atoms with van der Waals surface area (Å²) in [5.41, 5.74) is 5.59. The third kappa shape index (κ3) is 4.67. The number of hydrogen-bond acceptors (Lipinski definition) is 4. The lowest BCUT2D eigenvalue weighted by Crippen LogP contribution is -2.45. The first-order valence-electron chi connectivity index (χ1n) is 7.14. The smallest absolute Gasteiger partial charge is 0.233 e. The Labute approximate surface area is 129 Å². The van der Waals surface area contributed by atoms with Crippen LogP contribution in [0.5, 0.6) is 0 Å². The standard InChI is InChI=1S/C15H21N3O2S/c16-14(17-20)10-18(12-6-4-5-7-12)15(19)11-21-13-8-2-1-3-9-13/h1-3,8-9,12,20H,4-7,10-11H2,(H2,16,17). The van der Waals surface area contributed by atoms with Crippen LogP contribution < -0.4 is 5.73 Å². The van der Waals surface area contributed by atoms with E-state index in [1.54, 1.807) is 4.90 Å². The van der Waals surface area contributed by atoms with Crippen molar-refractivity contribution < 1.29 is 10.0 Å². The van der Waals surface area contributed by atoms with Crippen LogP contribution in [0.2, 0.25) is 0 Å². The summed E-state index contributed by atoms with van der Waals surface area (Å²) in [5.74, 6) is 0.501. The van der Waals surface area contributed by atoms with Crippen LogP contribution in [-0.2, 0) is 4.79 Å². The molecule has 1 amide bonds. The average Bonchev–Trinajstić information content (AvgIpc) is 3.05. The van der Waals surface area contributed by atoms with Gasteiger partial charge in [-0.05, 0) is 25.0 Å². The number of thioether (sulfide) groups is 1. The van der Waals surface area contributed by atoms with Gasteiger partial charge < -0.3 is 15.8 Å². The average molecular weight is 307 g/mol. The highest BCUT2D eigenvalue weighted by Crippen LogP contribution is 2.25. The lowest BCUT2D eigenvalue weighted by molar-refractivity contribution is -0.129. The van der Waals surface area contributed by atoms with E-state index in [0.717, 1.165) is 30.6 Å². The summed E-state index contributed by atoms with van der Waals surface area (Å²) < 4.78 is 0. The number of benzene rings is 1. The van der Waals surface area contributed by atoms with Crippen molar-refractivity contribution in [3.63, 3.8) is 0 Å². The van der Waals surface area contributed by atoms with Crippen molar-refractivity contribution in [2.24, 2.45) is 10.9 Å². The van der Waals surface area contributed by atoms with E-state index in [2.05, 4.69) is 5.16 Å². The molecule has 0 aliphatic heterocycles. The fourth-order valence-electron chi connectivity index (χ4n) is 2.59. The quantitative estimate of drug-likeness (QED) is 0.278. The highest BCUT2D eigenvalue weighted by atomic mass is 32.2. The van der Waals surface area contributed by atoms with Crippen LogP contribution in [0, 0.1) is 0 Å². The molecule has 0 heterocycles. The van der Waals surface area contributed by atoms with Gasteiger partial charge in [0.05, 0.1) is 12.3 Å². The number of hydrogen-bond donors (Lipinski definition) is 2. The van der Waals surface area contributed by atoms with Gasteiger partial charge in [0.2, 0.25) is 5.91 Å². The molecule has 0 unspecified atom stereocenters. The van der Waals surface area contributed by atoms with Gasteiger partial charge >= 0.3 is 0 Å². The van der Waals surface area contributed by atoms with Crippen LogP contribution in [0.1, 0.15) is 25.7 Å². The molecule has 0 radical (unpaired) electrons. The van der Waals surface area contributed by atoms with Gasteiger partial charge in [-0.1, -0.05) is 36.2 Å². The van der Waals surface area contributed by atoms with Gasteiger partial charge in [0.15, 0.2) is 5.84 Å². The second-order valence-electron chi connectivity index (χ2n) is 5.15. The summed E-state index contributed by atoms with van der Waals surface area (Å²) in [7, 11) is 0. The molecule has 0 atom stereocenters. The van der Waals surface area contributed by atoms with Crippen LogP contribution >= 0.6 is 11.8 Å². The van der Waals surface area contributed by atoms with Crippen LogP contribution in [0.25, 0.3) is 0 Å². The highest BCUT2D eigenvalue weighted by Gasteiger charge is 2.27. The largest absolute Gasteiger partial charge is 0.409 e. The predicted octanol–water partition coefficient (Wildman–Crippen LogP) is 2.30. The number of nitrogens with zero attached hydrogens (tertiary/aromatic N) is 2. The molecule has 0 aromatic heterocycles. The van der Waals surface area contributed by atoms with Crippen molar-refractivity contribution in [3.05, 3.63) is 30.3 Å². The second kappa shape index (κ2) is 7.93. The van der Waals surface area contributed by atoms with Crippen LogP contribution in [0.15, 0.2) is 40.4 Å². The minimum Gasteiger partial charge on any atom is -0.409 e. The molecule has 1 aliphatic rings. The summed E-state index contributed by atoms with van der Waals surface area (Å²) in [6, 6.07) is 10.1. The molecule has 0 saturated heterocycles. The molecule has 6 heteroatoms. The SMILES string of the molecule is NC(CN(C(=O)CSc1ccccc1)C1CCCC1)=NO. The number of amides is 1. The molecule has 0 spiro atoms. The second-order valence-corrected chi connectivity index (χ2v) is 6.20. The molecule has 3 N–H and O–H groups in total. The Kier molecular flexibility index (Phi) is 5.92. The normalized spacial score (nSPS) is 16.1. The fourth-order valence-corrected chi connectivity index (χ4v) is 3.39. The van der Waals surface area contributed by atoms with Crippen LogP contribution in [-0.4, -0.2) is 40.2 Å². The predicted molar refractivity (Wildman–Crippen MR) is 84.5 cm³/mol. The molecule has 1 aromatic rings. The molecule has 1 fully saturated rings. The van der Waals surface area contributed by atoms with E-state index in [1.807, 2.05) is 30.3 Å². The Morgan fingerprint density at radius 3 is 2.62 bits per heavy atom. The Hall–Kier alpha value is -1.69. The molecule has 1 saturated carbocycles. The Balaban J connectivity index is 1.96. The first kappa shape index (κ1) is 15.7. The Bertz CT molecular complexity index is 487. The van der Waals surface area contributed by atoms with Gasteiger partial charge in [-0.2, -0.15) is 0 Å². The fraction of sp³-hybridized carbons (Fsp3) is 0.467. The topological polar surface area (TPSA) is 78.9 Å². The van der Waals surface area contributed by atoms with Crippen molar-refractivity contribution in [2.75, 3.05) is 12.3 Å². The summed E-state index contributed by atoms with van der Waals surface area (Å²) in [6.45, 7) is 0.204. The van der Waals surface area contributed by atoms with Crippen molar-refractivity contribution >= 4 is 23.5 Å². The summed E-state index contributed by atoms with van der Waals surface area (Å²) in [6.07, 6.45) is 4.27. The lowest BCUT2D eigenvalue weighted by Gasteiger charge is -2.28. The van der Waals surface area contributed by atoms with Gasteiger partial charge in [0.1, 0.15) is 0 Å². The van der Waals surface area contributed by atoms with Crippen LogP contribution in [0.3, 0.4) is 0 Å². The minimum atomic E-state index is 0.0438. The van der Waals surface area contributed by atoms with Crippen molar-refractivity contribution in [1.29, 1.82) is 0 Å². The van der Waals surface area contributed by atoms with E-state index in [-0.39, 0.29) is 24.3 Å². The highest BCUT2D eigenvalue weighted by molar-refractivity contribution is 8.00. The summed E-state index contributed by atoms with van der Waals surface area (Å²) in [4.78, 5) is 15.3. The van der Waals surface area contributed by atoms with E-state index in [1.165, 1.54) is 11.8 Å². The van der Waals surface area contributed by atoms with Gasteiger partial charge in [0.25, 0.3) is 0 Å². The van der Waals surface area contributed by atoms with E-state index in [0.29, 0.717) is 5.75 Å². The van der Waals surface area contributed by atoms with Crippen molar-refractivity contribution in [3.8, 4) is 0 Å². The summed E-state index contributed by atoms with van der Waals surface area (Å²) >= 11 is 1.52. The van der Waals surface area contributed by atoms with E-state index in [4.69, 9.17) is 10.9 Å². The molecule has 21 heavy (non-hydrogen) atoms. The molecule has 114 valence electrons. The maximum atomic E-state index is 12.5. The van der Waals surface area contributed by atoms with Crippen molar-refractivity contribution in [2.45, 2.75) is 36.6 Å². The number of oxime groups is 1. The van der Waals surface area contributed by atoms with E-state index in [9.17, 15) is 4.79 Å². The third-order valence-corrected chi connectivity index (χ3v) is 4.65. The zero-order chi connectivity index (χ0) is 15.1. The molecule has 1 aromatic carbocycles. The van der Waals surface area contributed by atoms with Gasteiger partial charge in [-0.25, -0.2) is 0 Å². The third-order valence-electron chi connectivity index (χ3n) is 3.65. The number of rotatable bonds is 6. The number of amidine groups is 1. The maximum Gasteiger partial charge on any atom is 0.233 e. The number of nitrogens with two attached hydrogens (primary N) is 1. The van der Waals surface area contributed by atoms with E-state index < -0.39 is 0 Å². The van der Waals surface area contributed by atoms with Gasteiger partial charge in [-0.15, -0.1) is 11.8 Å². The number of carbonyl (C=O) groups is 1. The first-order chi connectivity index (χ1) is 10.2. The molecule has 2 rings (SSSR count). The summed E-state index contributed by atoms with van der Waals surface area (Å²) in [5, 5.41) is 11.7. The van der Waals surface area contributed by atoms with Gasteiger partial charge in [-0.3, -0.25) is 4.79 Å². The van der Waals surface area contributed by atoms with E-state index >= 15 is 0 Å². The van der Waals surface area contributed by atoms with Gasteiger partial charge in [0, 0.05) is 10.9 Å². The Morgan fingerprint density at radius 2 is 2.00 bits per heavy atom. The lowest BCUT2D eigenvalue weighted by atomic mass is 10.2. The Morgan fingerprint density at radius 1 is 1.33 bits per heavy atom. The first-order valence-corrected chi connectivity index (χ1v) is 8.13. The number of carbonyl (C=O) groups excluding carboxylic acids is 1. The molecular weight excluding hydrogens is 286 g/mol. The van der Waals surface area contributed by atoms with Crippen molar-refractivity contribution in [1.82, 2.24) is 4.90 Å². The molecule has 5 nitrogen and oxygen atoms in total. The minimum absolute atomic E-state index is 0.0438. The molecular formula is C15H21N3O2S. The maximum absolute atomic E-state index is 12.5. The molecule has 1 aliphatic carbocycles. The zero-order valence-electron chi connectivity index (χ0n) is 11.9. The monoisotopic (exact) mass is 307 g/mol. The molecule has 0 bridgehead atoms. The van der Waals surface area contributed by atoms with Crippen LogP contribution in [0.4, 0.5) is 0 Å². The zero-order valence-corrected chi connectivity index (χ0v) is 12.8.